The van der Waals surface area contributed by atoms with E-state index in [1.54, 1.807) is 12.1 Å². The number of methoxy groups -OCH3 is 1. The molecule has 0 atom stereocenters. The number of benzene rings is 2. The average molecular weight is 401 g/mol. The number of aromatic amines is 1. The molecule has 0 amide bonds. The second-order valence-electron chi connectivity index (χ2n) is 7.44. The minimum absolute atomic E-state index is 0.188. The van der Waals surface area contributed by atoms with E-state index < -0.39 is 10.0 Å². The maximum atomic E-state index is 12.9. The number of ether oxygens (including phenoxy) is 1. The van der Waals surface area contributed by atoms with Crippen LogP contribution in [-0.2, 0) is 16.4 Å². The molecule has 3 rings (SSSR count). The topological polar surface area (TPSA) is 71.2 Å². The maximum Gasteiger partial charge on any atom is 0.244 e. The number of nitrogens with one attached hydrogen (secondary N) is 2. The van der Waals surface area contributed by atoms with Gasteiger partial charge in [-0.3, -0.25) is 0 Å². The van der Waals surface area contributed by atoms with Crippen LogP contribution in [0, 0.1) is 13.8 Å². The summed E-state index contributed by atoms with van der Waals surface area (Å²) in [7, 11) is -2.18. The first-order valence-corrected chi connectivity index (χ1v) is 11.0. The summed E-state index contributed by atoms with van der Waals surface area (Å²) in [6.45, 7) is 8.48. The van der Waals surface area contributed by atoms with Crippen LogP contribution in [0.3, 0.4) is 0 Å². The highest BCUT2D eigenvalue weighted by Crippen LogP contribution is 2.28. The van der Waals surface area contributed by atoms with Crippen LogP contribution in [0.4, 0.5) is 0 Å². The first kappa shape index (κ1) is 20.4. The van der Waals surface area contributed by atoms with E-state index in [9.17, 15) is 8.42 Å². The number of sulfonamides is 1. The lowest BCUT2D eigenvalue weighted by atomic mass is 10.0. The fourth-order valence-electron chi connectivity index (χ4n) is 3.52. The van der Waals surface area contributed by atoms with E-state index in [1.165, 1.54) is 12.7 Å². The summed E-state index contributed by atoms with van der Waals surface area (Å²) in [5, 5.41) is 1.15. The fourth-order valence-corrected chi connectivity index (χ4v) is 4.76. The van der Waals surface area contributed by atoms with Crippen molar-refractivity contribution in [2.75, 3.05) is 13.7 Å². The summed E-state index contributed by atoms with van der Waals surface area (Å²) >= 11 is 0. The van der Waals surface area contributed by atoms with Crippen molar-refractivity contribution in [3.63, 3.8) is 0 Å². The lowest BCUT2D eigenvalue weighted by Gasteiger charge is -2.14. The highest BCUT2D eigenvalue weighted by Gasteiger charge is 2.21. The molecule has 2 aromatic carbocycles. The quantitative estimate of drug-likeness (QED) is 0.616. The number of rotatable bonds is 7. The van der Waals surface area contributed by atoms with Crippen LogP contribution < -0.4 is 9.46 Å². The van der Waals surface area contributed by atoms with Crippen molar-refractivity contribution in [2.24, 2.45) is 0 Å². The monoisotopic (exact) mass is 400 g/mol. The molecule has 0 fully saturated rings. The number of fused-ring (bicyclic) bond motifs is 1. The van der Waals surface area contributed by atoms with E-state index in [0.717, 1.165) is 27.7 Å². The average Bonchev–Trinajstić information content (AvgIpc) is 2.98. The van der Waals surface area contributed by atoms with Gasteiger partial charge in [0.1, 0.15) is 10.6 Å². The van der Waals surface area contributed by atoms with Crippen LogP contribution in [0.15, 0.2) is 41.3 Å². The normalized spacial score (nSPS) is 12.1. The zero-order valence-electron chi connectivity index (χ0n) is 17.1. The van der Waals surface area contributed by atoms with Crippen LogP contribution >= 0.6 is 0 Å². The van der Waals surface area contributed by atoms with E-state index in [-0.39, 0.29) is 10.8 Å². The molecule has 5 nitrogen and oxygen atoms in total. The zero-order valence-corrected chi connectivity index (χ0v) is 17.9. The Morgan fingerprint density at radius 2 is 1.89 bits per heavy atom. The van der Waals surface area contributed by atoms with Gasteiger partial charge < -0.3 is 9.72 Å². The molecule has 0 aliphatic heterocycles. The molecule has 1 heterocycles. The van der Waals surface area contributed by atoms with E-state index in [4.69, 9.17) is 4.74 Å². The molecule has 0 spiro atoms. The Hall–Kier alpha value is -2.31. The molecule has 6 heteroatoms. The van der Waals surface area contributed by atoms with Crippen LogP contribution in [0.1, 0.15) is 42.1 Å². The minimum Gasteiger partial charge on any atom is -0.495 e. The molecule has 1 aromatic heterocycles. The second kappa shape index (κ2) is 7.97. The summed E-state index contributed by atoms with van der Waals surface area (Å²) in [6, 6.07) is 11.5. The summed E-state index contributed by atoms with van der Waals surface area (Å²) in [6.07, 6.45) is 0.612. The molecule has 0 aliphatic carbocycles. The van der Waals surface area contributed by atoms with Crippen molar-refractivity contribution in [3.05, 3.63) is 58.8 Å². The number of para-hydroxylation sites is 1. The predicted molar refractivity (Wildman–Crippen MR) is 114 cm³/mol. The van der Waals surface area contributed by atoms with Crippen LogP contribution in [0.2, 0.25) is 0 Å². The highest BCUT2D eigenvalue weighted by atomic mass is 32.2. The SMILES string of the molecule is COc1ccc(C(C)C)cc1S(=O)(=O)NCCc1c(C)[nH]c2c(C)cccc12. The Kier molecular flexibility index (Phi) is 5.82. The van der Waals surface area contributed by atoms with Crippen molar-refractivity contribution in [2.45, 2.75) is 44.9 Å². The van der Waals surface area contributed by atoms with Crippen molar-refractivity contribution in [1.82, 2.24) is 9.71 Å². The third kappa shape index (κ3) is 3.93. The lowest BCUT2D eigenvalue weighted by molar-refractivity contribution is 0.402. The first-order chi connectivity index (χ1) is 13.2. The molecule has 0 saturated heterocycles. The summed E-state index contributed by atoms with van der Waals surface area (Å²) in [5.74, 6) is 0.591. The van der Waals surface area contributed by atoms with Gasteiger partial charge in [-0.05, 0) is 55.0 Å². The van der Waals surface area contributed by atoms with Crippen LogP contribution in [0.5, 0.6) is 5.75 Å². The van der Waals surface area contributed by atoms with Gasteiger partial charge in [-0.2, -0.15) is 0 Å². The molecule has 150 valence electrons. The Balaban J connectivity index is 1.83. The third-order valence-electron chi connectivity index (χ3n) is 5.17. The molecular weight excluding hydrogens is 372 g/mol. The predicted octanol–water partition coefficient (Wildman–Crippen LogP) is 4.44. The standard InChI is InChI=1S/C22H28N2O3S/c1-14(2)17-9-10-20(27-5)21(13-17)28(25,26)23-12-11-18-16(4)24-22-15(3)7-6-8-19(18)22/h6-10,13-14,23-24H,11-12H2,1-5H3. The molecule has 0 radical (unpaired) electrons. The fraction of sp³-hybridized carbons (Fsp3) is 0.364. The molecule has 0 aliphatic rings. The number of aromatic nitrogens is 1. The first-order valence-electron chi connectivity index (χ1n) is 9.49. The number of hydrogen-bond acceptors (Lipinski definition) is 3. The molecule has 0 saturated carbocycles. The maximum absolute atomic E-state index is 12.9. The number of H-pyrrole nitrogens is 1. The highest BCUT2D eigenvalue weighted by molar-refractivity contribution is 7.89. The molecular formula is C22H28N2O3S. The largest absolute Gasteiger partial charge is 0.495 e. The van der Waals surface area contributed by atoms with E-state index in [2.05, 4.69) is 28.8 Å². The van der Waals surface area contributed by atoms with Gasteiger partial charge in [-0.15, -0.1) is 0 Å². The Labute approximate surface area is 167 Å². The summed E-state index contributed by atoms with van der Waals surface area (Å²) < 4.78 is 33.9. The lowest BCUT2D eigenvalue weighted by Crippen LogP contribution is -2.26. The van der Waals surface area contributed by atoms with Gasteiger partial charge in [-0.1, -0.05) is 38.1 Å². The van der Waals surface area contributed by atoms with Crippen molar-refractivity contribution >= 4 is 20.9 Å². The minimum atomic E-state index is -3.67. The van der Waals surface area contributed by atoms with Crippen molar-refractivity contribution < 1.29 is 13.2 Å². The van der Waals surface area contributed by atoms with Gasteiger partial charge in [0.05, 0.1) is 7.11 Å². The van der Waals surface area contributed by atoms with Gasteiger partial charge in [-0.25, -0.2) is 13.1 Å². The molecule has 0 unspecified atom stereocenters. The van der Waals surface area contributed by atoms with Gasteiger partial charge in [0.15, 0.2) is 0 Å². The Bertz CT molecular complexity index is 1100. The molecule has 3 aromatic rings. The molecule has 28 heavy (non-hydrogen) atoms. The summed E-state index contributed by atoms with van der Waals surface area (Å²) in [4.78, 5) is 3.60. The third-order valence-corrected chi connectivity index (χ3v) is 6.66. The Morgan fingerprint density at radius 1 is 1.14 bits per heavy atom. The van der Waals surface area contributed by atoms with Gasteiger partial charge in [0.2, 0.25) is 10.0 Å². The van der Waals surface area contributed by atoms with E-state index >= 15 is 0 Å². The van der Waals surface area contributed by atoms with Crippen LogP contribution in [0.25, 0.3) is 10.9 Å². The van der Waals surface area contributed by atoms with E-state index in [0.29, 0.717) is 18.7 Å². The molecule has 2 N–H and O–H groups in total. The van der Waals surface area contributed by atoms with Gasteiger partial charge in [0.25, 0.3) is 0 Å². The van der Waals surface area contributed by atoms with Crippen molar-refractivity contribution in [3.8, 4) is 5.75 Å². The van der Waals surface area contributed by atoms with Gasteiger partial charge >= 0.3 is 0 Å². The van der Waals surface area contributed by atoms with Crippen molar-refractivity contribution in [1.29, 1.82) is 0 Å². The number of aryl methyl sites for hydroxylation is 2. The number of hydrogen-bond donors (Lipinski definition) is 2. The van der Waals surface area contributed by atoms with E-state index in [1.807, 2.05) is 32.9 Å². The van der Waals surface area contributed by atoms with Gasteiger partial charge in [0, 0.05) is 23.1 Å². The Morgan fingerprint density at radius 3 is 2.57 bits per heavy atom. The summed E-state index contributed by atoms with van der Waals surface area (Å²) in [5.41, 5.74) is 5.48. The smallest absolute Gasteiger partial charge is 0.244 e. The zero-order chi connectivity index (χ0) is 20.5. The molecule has 0 bridgehead atoms. The second-order valence-corrected chi connectivity index (χ2v) is 9.17. The van der Waals surface area contributed by atoms with Crippen LogP contribution in [-0.4, -0.2) is 27.1 Å².